The highest BCUT2D eigenvalue weighted by Gasteiger charge is 2.38. The lowest BCUT2D eigenvalue weighted by Crippen LogP contribution is -2.41. The van der Waals surface area contributed by atoms with Gasteiger partial charge >= 0.3 is 6.18 Å². The summed E-state index contributed by atoms with van der Waals surface area (Å²) in [5, 5.41) is 2.77. The molecule has 1 atom stereocenters. The van der Waals surface area contributed by atoms with E-state index in [1.54, 1.807) is 24.3 Å². The van der Waals surface area contributed by atoms with Crippen LogP contribution < -0.4 is 10.1 Å². The van der Waals surface area contributed by atoms with Crippen LogP contribution in [0.25, 0.3) is 0 Å². The van der Waals surface area contributed by atoms with E-state index in [0.29, 0.717) is 10.8 Å². The Hall–Kier alpha value is -0.940. The minimum Gasteiger partial charge on any atom is -0.494 e. The van der Waals surface area contributed by atoms with Crippen molar-refractivity contribution in [2.24, 2.45) is 0 Å². The van der Waals surface area contributed by atoms with Crippen LogP contribution in [0, 0.1) is 0 Å². The van der Waals surface area contributed by atoms with Gasteiger partial charge in [-0.1, -0.05) is 11.6 Å². The predicted molar refractivity (Wildman–Crippen MR) is 60.5 cm³/mol. The first kappa shape index (κ1) is 14.1. The van der Waals surface area contributed by atoms with Crippen LogP contribution >= 0.6 is 11.6 Å². The number of hydrogen-bond acceptors (Lipinski definition) is 2. The number of hydrogen-bond donors (Lipinski definition) is 1. The summed E-state index contributed by atoms with van der Waals surface area (Å²) in [7, 11) is 1.28. The maximum absolute atomic E-state index is 12.4. The third-order valence-electron chi connectivity index (χ3n) is 2.23. The summed E-state index contributed by atoms with van der Waals surface area (Å²) in [6, 6.07) is 4.93. The van der Waals surface area contributed by atoms with Gasteiger partial charge in [-0.3, -0.25) is 0 Å². The molecule has 0 saturated carbocycles. The van der Waals surface area contributed by atoms with Gasteiger partial charge < -0.3 is 10.1 Å². The molecule has 1 unspecified atom stereocenters. The molecule has 1 rings (SSSR count). The van der Waals surface area contributed by atoms with Gasteiger partial charge in [-0.25, -0.2) is 0 Å². The third-order valence-corrected chi connectivity index (χ3v) is 2.48. The zero-order chi connectivity index (χ0) is 12.9. The van der Waals surface area contributed by atoms with Crippen LogP contribution in [0.1, 0.15) is 6.42 Å². The van der Waals surface area contributed by atoms with Crippen molar-refractivity contribution in [2.75, 3.05) is 13.7 Å². The summed E-state index contributed by atoms with van der Waals surface area (Å²) < 4.78 is 42.3. The quantitative estimate of drug-likeness (QED) is 0.884. The molecule has 0 heterocycles. The molecule has 0 radical (unpaired) electrons. The Morgan fingerprint density at radius 3 is 2.35 bits per heavy atom. The minimum absolute atomic E-state index is 0.00729. The summed E-state index contributed by atoms with van der Waals surface area (Å²) in [5.74, 6) is 0.506. The van der Waals surface area contributed by atoms with E-state index in [9.17, 15) is 13.2 Å². The van der Waals surface area contributed by atoms with Crippen LogP contribution in [0.15, 0.2) is 24.3 Å². The molecule has 0 aliphatic rings. The normalized spacial score (nSPS) is 13.5. The van der Waals surface area contributed by atoms with Crippen molar-refractivity contribution in [1.29, 1.82) is 0 Å². The summed E-state index contributed by atoms with van der Waals surface area (Å²) in [6.45, 7) is -0.00729. The summed E-state index contributed by atoms with van der Waals surface area (Å²) in [6.07, 6.45) is -4.39. The Morgan fingerprint density at radius 1 is 1.29 bits per heavy atom. The molecule has 0 aliphatic carbocycles. The predicted octanol–water partition coefficient (Wildman–Crippen LogP) is 3.26. The second-order valence-electron chi connectivity index (χ2n) is 3.47. The van der Waals surface area contributed by atoms with E-state index in [2.05, 4.69) is 5.32 Å². The van der Waals surface area contributed by atoms with E-state index < -0.39 is 12.2 Å². The van der Waals surface area contributed by atoms with E-state index >= 15 is 0 Å². The van der Waals surface area contributed by atoms with E-state index in [4.69, 9.17) is 16.3 Å². The first-order valence-electron chi connectivity index (χ1n) is 5.06. The molecule has 6 heteroatoms. The molecule has 0 bridgehead atoms. The van der Waals surface area contributed by atoms with Gasteiger partial charge in [0.25, 0.3) is 0 Å². The van der Waals surface area contributed by atoms with Crippen molar-refractivity contribution in [3.63, 3.8) is 0 Å². The molecule has 0 fully saturated rings. The maximum Gasteiger partial charge on any atom is 0.403 e. The zero-order valence-corrected chi connectivity index (χ0v) is 9.98. The highest BCUT2D eigenvalue weighted by Crippen LogP contribution is 2.22. The molecule has 0 spiro atoms. The van der Waals surface area contributed by atoms with E-state index in [1.807, 2.05) is 0 Å². The summed E-state index contributed by atoms with van der Waals surface area (Å²) >= 11 is 5.66. The summed E-state index contributed by atoms with van der Waals surface area (Å²) in [4.78, 5) is 0. The Morgan fingerprint density at radius 2 is 1.88 bits per heavy atom. The fourth-order valence-electron chi connectivity index (χ4n) is 1.30. The van der Waals surface area contributed by atoms with Crippen molar-refractivity contribution in [1.82, 2.24) is 5.32 Å². The molecule has 1 aromatic rings. The van der Waals surface area contributed by atoms with E-state index in [-0.39, 0.29) is 13.0 Å². The van der Waals surface area contributed by atoms with Gasteiger partial charge in [-0.05, 0) is 31.3 Å². The van der Waals surface area contributed by atoms with Crippen LogP contribution in [0.4, 0.5) is 13.2 Å². The molecule has 0 amide bonds. The third kappa shape index (κ3) is 4.83. The number of ether oxygens (including phenoxy) is 1. The van der Waals surface area contributed by atoms with E-state index in [1.165, 1.54) is 7.05 Å². The van der Waals surface area contributed by atoms with Crippen LogP contribution in [0.2, 0.25) is 5.02 Å². The Kier molecular flexibility index (Phi) is 5.08. The van der Waals surface area contributed by atoms with Crippen molar-refractivity contribution in [2.45, 2.75) is 18.6 Å². The van der Waals surface area contributed by atoms with Gasteiger partial charge in [0.15, 0.2) is 0 Å². The molecule has 2 nitrogen and oxygen atoms in total. The fourth-order valence-corrected chi connectivity index (χ4v) is 1.42. The number of nitrogens with one attached hydrogen (secondary N) is 1. The highest BCUT2D eigenvalue weighted by molar-refractivity contribution is 6.30. The molecular formula is C11H13ClF3NO. The zero-order valence-electron chi connectivity index (χ0n) is 9.22. The van der Waals surface area contributed by atoms with Gasteiger partial charge in [0.1, 0.15) is 11.8 Å². The molecule has 96 valence electrons. The SMILES string of the molecule is CNC(CCOc1ccc(Cl)cc1)C(F)(F)F. The standard InChI is InChI=1S/C11H13ClF3NO/c1-16-10(11(13,14)15)6-7-17-9-4-2-8(12)3-5-9/h2-5,10,16H,6-7H2,1H3. The Labute approximate surface area is 103 Å². The number of benzene rings is 1. The smallest absolute Gasteiger partial charge is 0.403 e. The lowest BCUT2D eigenvalue weighted by molar-refractivity contribution is -0.157. The Bertz CT molecular complexity index is 340. The monoisotopic (exact) mass is 267 g/mol. The van der Waals surface area contributed by atoms with Gasteiger partial charge in [0.05, 0.1) is 6.61 Å². The topological polar surface area (TPSA) is 21.3 Å². The average Bonchev–Trinajstić information content (AvgIpc) is 2.25. The van der Waals surface area contributed by atoms with Crippen molar-refractivity contribution in [3.8, 4) is 5.75 Å². The van der Waals surface area contributed by atoms with Crippen LogP contribution in [-0.4, -0.2) is 25.9 Å². The van der Waals surface area contributed by atoms with Crippen molar-refractivity contribution >= 4 is 11.6 Å². The molecule has 1 aromatic carbocycles. The fraction of sp³-hybridized carbons (Fsp3) is 0.455. The first-order chi connectivity index (χ1) is 7.93. The van der Waals surface area contributed by atoms with E-state index in [0.717, 1.165) is 0 Å². The van der Waals surface area contributed by atoms with Gasteiger partial charge in [0.2, 0.25) is 0 Å². The maximum atomic E-state index is 12.4. The molecule has 0 aliphatic heterocycles. The minimum atomic E-state index is -4.25. The second-order valence-corrected chi connectivity index (χ2v) is 3.91. The molecule has 1 N–H and O–H groups in total. The van der Waals surface area contributed by atoms with Gasteiger partial charge in [-0.2, -0.15) is 13.2 Å². The average molecular weight is 268 g/mol. The second kappa shape index (κ2) is 6.12. The molecule has 0 aromatic heterocycles. The highest BCUT2D eigenvalue weighted by atomic mass is 35.5. The van der Waals surface area contributed by atoms with Gasteiger partial charge in [0, 0.05) is 11.4 Å². The van der Waals surface area contributed by atoms with Gasteiger partial charge in [-0.15, -0.1) is 0 Å². The lowest BCUT2D eigenvalue weighted by Gasteiger charge is -2.19. The Balaban J connectivity index is 2.39. The van der Waals surface area contributed by atoms with Crippen LogP contribution in [0.5, 0.6) is 5.75 Å². The van der Waals surface area contributed by atoms with Crippen molar-refractivity contribution in [3.05, 3.63) is 29.3 Å². The number of rotatable bonds is 5. The molecule has 17 heavy (non-hydrogen) atoms. The first-order valence-corrected chi connectivity index (χ1v) is 5.43. The largest absolute Gasteiger partial charge is 0.494 e. The van der Waals surface area contributed by atoms with Crippen LogP contribution in [-0.2, 0) is 0 Å². The molecular weight excluding hydrogens is 255 g/mol. The number of halogens is 4. The van der Waals surface area contributed by atoms with Crippen molar-refractivity contribution < 1.29 is 17.9 Å². The molecule has 0 saturated heterocycles. The van der Waals surface area contributed by atoms with Crippen LogP contribution in [0.3, 0.4) is 0 Å². The number of alkyl halides is 3. The summed E-state index contributed by atoms with van der Waals surface area (Å²) in [5.41, 5.74) is 0. The lowest BCUT2D eigenvalue weighted by atomic mass is 10.2.